The van der Waals surface area contributed by atoms with Crippen LogP contribution in [0, 0.1) is 0 Å². The summed E-state index contributed by atoms with van der Waals surface area (Å²) in [6.45, 7) is 4.22. The van der Waals surface area contributed by atoms with Crippen molar-refractivity contribution >= 4 is 8.81 Å². The maximum absolute atomic E-state index is 6.25. The number of benzene rings is 3. The van der Waals surface area contributed by atoms with Gasteiger partial charge in [-0.05, 0) is 13.8 Å². The Morgan fingerprint density at radius 3 is 1.25 bits per heavy atom. The fourth-order valence-corrected chi connectivity index (χ4v) is 4.51. The van der Waals surface area contributed by atoms with E-state index in [4.69, 9.17) is 4.52 Å². The van der Waals surface area contributed by atoms with E-state index in [-0.39, 0.29) is 20.1 Å². The molecule has 1 unspecified atom stereocenters. The van der Waals surface area contributed by atoms with E-state index in [1.54, 1.807) is 0 Å². The normalized spacial score (nSPS) is 12.1. The van der Waals surface area contributed by atoms with Crippen LogP contribution < -0.4 is 0 Å². The zero-order valence-corrected chi connectivity index (χ0v) is 15.4. The van der Waals surface area contributed by atoms with Gasteiger partial charge in [-0.1, -0.05) is 91.0 Å². The zero-order chi connectivity index (χ0) is 16.8. The first-order valence-electron chi connectivity index (χ1n) is 8.40. The lowest BCUT2D eigenvalue weighted by Crippen LogP contribution is -2.25. The van der Waals surface area contributed by atoms with Crippen LogP contribution in [0.4, 0.5) is 0 Å². The van der Waals surface area contributed by atoms with Crippen LogP contribution in [0.2, 0.25) is 0 Å². The van der Waals surface area contributed by atoms with Gasteiger partial charge in [-0.15, -0.1) is 0 Å². The van der Waals surface area contributed by atoms with Crippen molar-refractivity contribution in [1.29, 1.82) is 0 Å². The zero-order valence-electron chi connectivity index (χ0n) is 14.2. The molecule has 0 aliphatic carbocycles. The van der Waals surface area contributed by atoms with Crippen LogP contribution in [0.15, 0.2) is 91.0 Å². The molecule has 2 heteroatoms. The van der Waals surface area contributed by atoms with Crippen LogP contribution in [0.5, 0.6) is 0 Å². The smallest absolute Gasteiger partial charge is 0.176 e. The first kappa shape index (κ1) is 16.9. The molecule has 0 spiro atoms. The molecule has 0 radical (unpaired) electrons. The Morgan fingerprint density at radius 1 is 0.625 bits per heavy atom. The molecular weight excluding hydrogens is 311 g/mol. The second-order valence-corrected chi connectivity index (χ2v) is 7.58. The molecule has 0 amide bonds. The van der Waals surface area contributed by atoms with Gasteiger partial charge in [-0.25, -0.2) is 4.52 Å². The van der Waals surface area contributed by atoms with Crippen LogP contribution in [-0.4, -0.2) is 6.10 Å². The molecule has 0 aliphatic rings. The molecule has 122 valence electrons. The summed E-state index contributed by atoms with van der Waals surface area (Å²) in [6, 6.07) is 32.2. The highest BCUT2D eigenvalue weighted by Gasteiger charge is 2.43. The molecule has 0 heterocycles. The molecule has 3 aromatic rings. The van der Waals surface area contributed by atoms with Crippen molar-refractivity contribution in [2.24, 2.45) is 0 Å². The third-order valence-corrected chi connectivity index (χ3v) is 6.24. The summed E-state index contributed by atoms with van der Waals surface area (Å²) in [5, 5.41) is -0.228. The summed E-state index contributed by atoms with van der Waals surface area (Å²) in [6.07, 6.45) is 0.218. The summed E-state index contributed by atoms with van der Waals surface area (Å²) in [4.78, 5) is 0. The molecule has 1 atom stereocenters. The molecule has 0 bridgehead atoms. The predicted octanol–water partition coefficient (Wildman–Crippen LogP) is 5.73. The summed E-state index contributed by atoms with van der Waals surface area (Å²) in [5.41, 5.74) is 3.87. The summed E-state index contributed by atoms with van der Waals surface area (Å²) in [7, 11) is -0.309. The van der Waals surface area contributed by atoms with Gasteiger partial charge in [-0.3, -0.25) is 0 Å². The Kier molecular flexibility index (Phi) is 5.45. The summed E-state index contributed by atoms with van der Waals surface area (Å²) in [5.74, 6) is 0. The summed E-state index contributed by atoms with van der Waals surface area (Å²) >= 11 is 0. The maximum atomic E-state index is 6.25. The Bertz CT molecular complexity index is 642. The van der Waals surface area contributed by atoms with Crippen LogP contribution in [0.25, 0.3) is 0 Å². The van der Waals surface area contributed by atoms with Gasteiger partial charge >= 0.3 is 0 Å². The third kappa shape index (κ3) is 3.43. The van der Waals surface area contributed by atoms with Crippen molar-refractivity contribution in [3.05, 3.63) is 108 Å². The topological polar surface area (TPSA) is 9.23 Å². The molecule has 3 aromatic carbocycles. The van der Waals surface area contributed by atoms with E-state index in [1.807, 2.05) is 0 Å². The van der Waals surface area contributed by atoms with Crippen molar-refractivity contribution in [3.63, 3.8) is 0 Å². The molecule has 0 aromatic heterocycles. The first-order valence-corrected chi connectivity index (χ1v) is 9.45. The molecule has 0 saturated carbocycles. The van der Waals surface area contributed by atoms with E-state index in [0.717, 1.165) is 0 Å². The first-order chi connectivity index (χ1) is 11.7. The van der Waals surface area contributed by atoms with E-state index in [0.29, 0.717) is 0 Å². The lowest BCUT2D eigenvalue weighted by Gasteiger charge is -2.30. The second-order valence-electron chi connectivity index (χ2n) is 6.21. The van der Waals surface area contributed by atoms with E-state index >= 15 is 0 Å². The molecule has 3 rings (SSSR count). The lowest BCUT2D eigenvalue weighted by molar-refractivity contribution is 0.274. The van der Waals surface area contributed by atoms with E-state index < -0.39 is 0 Å². The Morgan fingerprint density at radius 2 is 0.958 bits per heavy atom. The van der Waals surface area contributed by atoms with Crippen molar-refractivity contribution < 1.29 is 4.52 Å². The highest BCUT2D eigenvalue weighted by molar-refractivity contribution is 7.34. The van der Waals surface area contributed by atoms with Gasteiger partial charge in [0.2, 0.25) is 0 Å². The number of rotatable bonds is 6. The second kappa shape index (κ2) is 7.75. The van der Waals surface area contributed by atoms with E-state index in [9.17, 15) is 0 Å². The Balaban J connectivity index is 2.24. The van der Waals surface area contributed by atoms with Crippen molar-refractivity contribution in [2.45, 2.75) is 25.1 Å². The minimum atomic E-state index is -0.309. The Labute approximate surface area is 146 Å². The molecule has 1 nitrogen and oxygen atoms in total. The number of hydrogen-bond acceptors (Lipinski definition) is 1. The highest BCUT2D eigenvalue weighted by Crippen LogP contribution is 2.53. The van der Waals surface area contributed by atoms with Crippen LogP contribution >= 0.6 is 8.81 Å². The van der Waals surface area contributed by atoms with Crippen LogP contribution in [0.1, 0.15) is 30.5 Å². The third-order valence-electron chi connectivity index (χ3n) is 4.20. The fourth-order valence-electron chi connectivity index (χ4n) is 3.05. The summed E-state index contributed by atoms with van der Waals surface area (Å²) < 4.78 is 6.25. The van der Waals surface area contributed by atoms with Gasteiger partial charge in [0.15, 0.2) is 5.16 Å². The van der Waals surface area contributed by atoms with Crippen molar-refractivity contribution in [2.75, 3.05) is 0 Å². The quantitative estimate of drug-likeness (QED) is 0.413. The van der Waals surface area contributed by atoms with Crippen LogP contribution in [0.3, 0.4) is 0 Å². The lowest BCUT2D eigenvalue weighted by atomic mass is 9.84. The average molecular weight is 335 g/mol. The molecule has 0 saturated heterocycles. The molecule has 0 fully saturated rings. The minimum Gasteiger partial charge on any atom is -0.239 e. The molecule has 0 N–H and O–H groups in total. The van der Waals surface area contributed by atoms with Gasteiger partial charge in [0.05, 0.1) is 6.10 Å². The standard InChI is InChI=1S/C22H23OP/c1-18(2)23-24-22(19-12-6-3-7-13-19,20-14-8-4-9-15-20)21-16-10-5-11-17-21/h3-18,24H,1-2H3/p+1. The highest BCUT2D eigenvalue weighted by atomic mass is 31.1. The van der Waals surface area contributed by atoms with Gasteiger partial charge < -0.3 is 0 Å². The average Bonchev–Trinajstić information content (AvgIpc) is 2.65. The van der Waals surface area contributed by atoms with Gasteiger partial charge in [0.25, 0.3) is 0 Å². The number of hydrogen-bond donors (Lipinski definition) is 0. The van der Waals surface area contributed by atoms with E-state index in [1.165, 1.54) is 16.7 Å². The Hall–Kier alpha value is -1.95. The van der Waals surface area contributed by atoms with E-state index in [2.05, 4.69) is 105 Å². The molecule has 24 heavy (non-hydrogen) atoms. The van der Waals surface area contributed by atoms with Crippen molar-refractivity contribution in [1.82, 2.24) is 0 Å². The maximum Gasteiger partial charge on any atom is 0.176 e. The molecule has 0 aliphatic heterocycles. The van der Waals surface area contributed by atoms with Gasteiger partial charge in [0.1, 0.15) is 8.81 Å². The van der Waals surface area contributed by atoms with Crippen molar-refractivity contribution in [3.8, 4) is 0 Å². The monoisotopic (exact) mass is 335 g/mol. The largest absolute Gasteiger partial charge is 0.239 e. The van der Waals surface area contributed by atoms with Gasteiger partial charge in [0, 0.05) is 16.7 Å². The molecular formula is C22H24OP+. The van der Waals surface area contributed by atoms with Crippen LogP contribution in [-0.2, 0) is 9.68 Å². The SMILES string of the molecule is CC(C)O[PH2+]C(c1ccccc1)(c1ccccc1)c1ccccc1. The minimum absolute atomic E-state index is 0.218. The predicted molar refractivity (Wildman–Crippen MR) is 105 cm³/mol. The van der Waals surface area contributed by atoms with Gasteiger partial charge in [-0.2, -0.15) is 0 Å². The fraction of sp³-hybridized carbons (Fsp3) is 0.182.